The molecule has 0 saturated heterocycles. The van der Waals surface area contributed by atoms with Crippen LogP contribution in [0.2, 0.25) is 0 Å². The highest BCUT2D eigenvalue weighted by molar-refractivity contribution is 6.23. The van der Waals surface area contributed by atoms with Gasteiger partial charge in [0.05, 0.1) is 0 Å². The van der Waals surface area contributed by atoms with Crippen LogP contribution in [0.1, 0.15) is 63.9 Å². The Morgan fingerprint density at radius 1 is 0.692 bits per heavy atom. The van der Waals surface area contributed by atoms with Gasteiger partial charge in [0.15, 0.2) is 0 Å². The molecule has 0 bridgehead atoms. The maximum atomic E-state index is 3.33. The van der Waals surface area contributed by atoms with E-state index in [2.05, 4.69) is 61.5 Å². The van der Waals surface area contributed by atoms with Crippen molar-refractivity contribution in [3.63, 3.8) is 0 Å². The van der Waals surface area contributed by atoms with Gasteiger partial charge in [-0.2, -0.15) is 0 Å². The first-order chi connectivity index (χ1) is 12.9. The molecule has 4 aromatic carbocycles. The Labute approximate surface area is 157 Å². The molecule has 26 heavy (non-hydrogen) atoms. The van der Waals surface area contributed by atoms with E-state index >= 15 is 0 Å². The van der Waals surface area contributed by atoms with Gasteiger partial charge in [0, 0.05) is 0 Å². The molecular formula is C26H29. The Hall–Kier alpha value is -2.08. The average Bonchev–Trinajstić information content (AvgIpc) is 2.68. The summed E-state index contributed by atoms with van der Waals surface area (Å²) in [6, 6.07) is 21.3. The minimum atomic E-state index is 1.19. The third-order valence-electron chi connectivity index (χ3n) is 5.82. The Balaban J connectivity index is 1.52. The van der Waals surface area contributed by atoms with Crippen LogP contribution in [0, 0.1) is 6.07 Å². The number of hydrogen-bond acceptors (Lipinski definition) is 0. The van der Waals surface area contributed by atoms with E-state index in [9.17, 15) is 0 Å². The highest BCUT2D eigenvalue weighted by Gasteiger charge is 2.11. The first-order valence-electron chi connectivity index (χ1n) is 10.4. The van der Waals surface area contributed by atoms with Gasteiger partial charge in [-0.05, 0) is 68.9 Å². The Kier molecular flexibility index (Phi) is 5.39. The highest BCUT2D eigenvalue weighted by Crippen LogP contribution is 2.36. The van der Waals surface area contributed by atoms with Crippen LogP contribution in [-0.4, -0.2) is 0 Å². The lowest BCUT2D eigenvalue weighted by Crippen LogP contribution is -1.92. The molecule has 0 heterocycles. The molecule has 133 valence electrons. The van der Waals surface area contributed by atoms with Crippen LogP contribution in [0.15, 0.2) is 48.5 Å². The zero-order valence-corrected chi connectivity index (χ0v) is 16.0. The van der Waals surface area contributed by atoms with Crippen LogP contribution in [0.5, 0.6) is 0 Å². The van der Waals surface area contributed by atoms with E-state index in [4.69, 9.17) is 0 Å². The first-order valence-corrected chi connectivity index (χ1v) is 10.4. The second-order valence-electron chi connectivity index (χ2n) is 7.74. The molecule has 0 nitrogen and oxygen atoms in total. The SMILES string of the molecule is CCCCCCCCCCc1cc2c[c]cc3ccc4cccc1c4c32. The number of aryl methyl sites for hydroxylation is 1. The first kappa shape index (κ1) is 17.3. The monoisotopic (exact) mass is 341 g/mol. The number of unbranched alkanes of at least 4 members (excludes halogenated alkanes) is 7. The van der Waals surface area contributed by atoms with Gasteiger partial charge in [-0.15, -0.1) is 0 Å². The number of rotatable bonds is 9. The smallest absolute Gasteiger partial charge is 0.00240 e. The fourth-order valence-corrected chi connectivity index (χ4v) is 4.42. The summed E-state index contributed by atoms with van der Waals surface area (Å²) in [5, 5.41) is 8.34. The summed E-state index contributed by atoms with van der Waals surface area (Å²) in [5.41, 5.74) is 1.51. The molecule has 0 atom stereocenters. The molecule has 0 heteroatoms. The fraction of sp³-hybridized carbons (Fsp3) is 0.385. The lowest BCUT2D eigenvalue weighted by Gasteiger charge is -2.14. The van der Waals surface area contributed by atoms with E-state index in [1.165, 1.54) is 95.7 Å². The van der Waals surface area contributed by atoms with E-state index in [1.807, 2.05) is 0 Å². The van der Waals surface area contributed by atoms with Crippen molar-refractivity contribution in [1.82, 2.24) is 0 Å². The molecule has 0 N–H and O–H groups in total. The van der Waals surface area contributed by atoms with Crippen LogP contribution in [-0.2, 0) is 6.42 Å². The van der Waals surface area contributed by atoms with Gasteiger partial charge < -0.3 is 0 Å². The van der Waals surface area contributed by atoms with Crippen LogP contribution in [0.3, 0.4) is 0 Å². The van der Waals surface area contributed by atoms with Crippen molar-refractivity contribution in [2.45, 2.75) is 64.7 Å². The molecule has 0 fully saturated rings. The van der Waals surface area contributed by atoms with E-state index in [0.717, 1.165) is 0 Å². The van der Waals surface area contributed by atoms with Crippen molar-refractivity contribution in [3.8, 4) is 0 Å². The second kappa shape index (κ2) is 8.08. The van der Waals surface area contributed by atoms with Crippen LogP contribution in [0.25, 0.3) is 32.3 Å². The van der Waals surface area contributed by atoms with E-state index < -0.39 is 0 Å². The molecule has 1 radical (unpaired) electrons. The molecule has 0 aliphatic heterocycles. The van der Waals surface area contributed by atoms with Crippen LogP contribution < -0.4 is 0 Å². The zero-order chi connectivity index (χ0) is 17.8. The van der Waals surface area contributed by atoms with E-state index in [-0.39, 0.29) is 0 Å². The Morgan fingerprint density at radius 2 is 1.42 bits per heavy atom. The maximum Gasteiger partial charge on any atom is -0.00240 e. The van der Waals surface area contributed by atoms with Gasteiger partial charge in [0.1, 0.15) is 0 Å². The van der Waals surface area contributed by atoms with Crippen molar-refractivity contribution < 1.29 is 0 Å². The lowest BCUT2D eigenvalue weighted by atomic mass is 9.89. The summed E-state index contributed by atoms with van der Waals surface area (Å²) in [4.78, 5) is 0. The summed E-state index contributed by atoms with van der Waals surface area (Å²) in [6.45, 7) is 2.29. The molecule has 0 amide bonds. The molecule has 0 unspecified atom stereocenters. The lowest BCUT2D eigenvalue weighted by molar-refractivity contribution is 0.576. The third-order valence-corrected chi connectivity index (χ3v) is 5.82. The van der Waals surface area contributed by atoms with Gasteiger partial charge in [-0.25, -0.2) is 0 Å². The minimum absolute atomic E-state index is 1.19. The molecule has 0 aromatic heterocycles. The minimum Gasteiger partial charge on any atom is -0.0654 e. The van der Waals surface area contributed by atoms with Crippen molar-refractivity contribution >= 4 is 32.3 Å². The Morgan fingerprint density at radius 3 is 2.27 bits per heavy atom. The quantitative estimate of drug-likeness (QED) is 0.213. The highest BCUT2D eigenvalue weighted by atomic mass is 14.1. The van der Waals surface area contributed by atoms with Gasteiger partial charge >= 0.3 is 0 Å². The van der Waals surface area contributed by atoms with Gasteiger partial charge in [-0.1, -0.05) is 88.3 Å². The van der Waals surface area contributed by atoms with Crippen molar-refractivity contribution in [3.05, 3.63) is 60.2 Å². The summed E-state index contributed by atoms with van der Waals surface area (Å²) in [6.07, 6.45) is 12.2. The number of hydrogen-bond donors (Lipinski definition) is 0. The van der Waals surface area contributed by atoms with Gasteiger partial charge in [0.2, 0.25) is 0 Å². The largest absolute Gasteiger partial charge is 0.0654 e. The predicted molar refractivity (Wildman–Crippen MR) is 115 cm³/mol. The summed E-state index contributed by atoms with van der Waals surface area (Å²) in [7, 11) is 0. The molecule has 0 saturated carbocycles. The normalized spacial score (nSPS) is 11.9. The summed E-state index contributed by atoms with van der Waals surface area (Å²) < 4.78 is 0. The third kappa shape index (κ3) is 3.43. The van der Waals surface area contributed by atoms with Crippen LogP contribution >= 0.6 is 0 Å². The summed E-state index contributed by atoms with van der Waals surface area (Å²) >= 11 is 0. The molecule has 0 aliphatic carbocycles. The number of benzene rings is 4. The molecule has 4 rings (SSSR count). The fourth-order valence-electron chi connectivity index (χ4n) is 4.42. The second-order valence-corrected chi connectivity index (χ2v) is 7.74. The zero-order valence-electron chi connectivity index (χ0n) is 16.0. The van der Waals surface area contributed by atoms with Crippen molar-refractivity contribution in [2.24, 2.45) is 0 Å². The average molecular weight is 342 g/mol. The van der Waals surface area contributed by atoms with Crippen molar-refractivity contribution in [2.75, 3.05) is 0 Å². The van der Waals surface area contributed by atoms with Gasteiger partial charge in [-0.3, -0.25) is 0 Å². The molecule has 0 spiro atoms. The molecule has 0 aliphatic rings. The van der Waals surface area contributed by atoms with Crippen LogP contribution in [0.4, 0.5) is 0 Å². The van der Waals surface area contributed by atoms with E-state index in [1.54, 1.807) is 0 Å². The predicted octanol–water partition coefficient (Wildman–Crippen LogP) is 8.07. The standard InChI is InChI=1S/C26H29/c1-2-3-4-5-6-7-8-9-12-22-19-23-15-10-13-20-17-18-21-14-11-16-24(22)26(21)25(20)23/h11,13-19H,2-9,12H2,1H3. The molecule has 4 aromatic rings. The Bertz CT molecular complexity index is 979. The van der Waals surface area contributed by atoms with Gasteiger partial charge in [0.25, 0.3) is 0 Å². The molecular weight excluding hydrogens is 312 g/mol. The maximum absolute atomic E-state index is 3.33. The topological polar surface area (TPSA) is 0 Å². The van der Waals surface area contributed by atoms with E-state index in [0.29, 0.717) is 0 Å². The summed E-state index contributed by atoms with van der Waals surface area (Å²) in [5.74, 6) is 0. The van der Waals surface area contributed by atoms with Crippen molar-refractivity contribution in [1.29, 1.82) is 0 Å².